The summed E-state index contributed by atoms with van der Waals surface area (Å²) < 4.78 is 13.6. The van der Waals surface area contributed by atoms with Gasteiger partial charge in [0, 0.05) is 22.8 Å². The van der Waals surface area contributed by atoms with E-state index in [2.05, 4.69) is 20.6 Å². The van der Waals surface area contributed by atoms with Crippen LogP contribution in [0.4, 0.5) is 4.39 Å². The van der Waals surface area contributed by atoms with Crippen molar-refractivity contribution < 1.29 is 14.0 Å². The van der Waals surface area contributed by atoms with E-state index >= 15 is 0 Å². The second-order valence-corrected chi connectivity index (χ2v) is 9.48. The predicted molar refractivity (Wildman–Crippen MR) is 108 cm³/mol. The van der Waals surface area contributed by atoms with Crippen LogP contribution < -0.4 is 10.6 Å². The van der Waals surface area contributed by atoms with E-state index in [4.69, 9.17) is 0 Å². The molecule has 2 atom stereocenters. The number of nitrogens with zero attached hydrogens (tertiary/aromatic N) is 2. The molecule has 4 fully saturated rings. The molecule has 4 aliphatic rings. The summed E-state index contributed by atoms with van der Waals surface area (Å²) >= 11 is 0. The SMILES string of the molecule is Cc1cnc(C(=O)NC23CC4CC(CC(NC(=O)c5cccc(F)c5)(C4)C2)C3)cn1. The van der Waals surface area contributed by atoms with E-state index in [9.17, 15) is 14.0 Å². The van der Waals surface area contributed by atoms with Gasteiger partial charge in [-0.2, -0.15) is 0 Å². The van der Waals surface area contributed by atoms with Crippen molar-refractivity contribution in [2.24, 2.45) is 11.8 Å². The molecule has 2 aromatic rings. The zero-order valence-electron chi connectivity index (χ0n) is 17.0. The Morgan fingerprint density at radius 1 is 1.00 bits per heavy atom. The molecule has 0 saturated heterocycles. The standard InChI is InChI=1S/C23H25FN4O2/c1-14-11-26-19(12-25-14)21(30)28-23-9-15-5-16(10-23)8-22(7-15,13-23)27-20(29)17-3-2-4-18(24)6-17/h2-4,6,11-12,15-16H,5,7-10,13H2,1H3,(H,27,29)(H,28,30). The van der Waals surface area contributed by atoms with Crippen molar-refractivity contribution >= 4 is 11.8 Å². The summed E-state index contributed by atoms with van der Waals surface area (Å²) in [5, 5.41) is 6.48. The first kappa shape index (κ1) is 19.2. The molecule has 1 heterocycles. The number of amides is 2. The lowest BCUT2D eigenvalue weighted by Gasteiger charge is -2.62. The molecule has 2 amide bonds. The molecule has 4 aliphatic carbocycles. The van der Waals surface area contributed by atoms with Crippen LogP contribution in [0.15, 0.2) is 36.7 Å². The highest BCUT2D eigenvalue weighted by Crippen LogP contribution is 2.57. The van der Waals surface area contributed by atoms with Gasteiger partial charge in [-0.3, -0.25) is 14.6 Å². The highest BCUT2D eigenvalue weighted by Gasteiger charge is 2.58. The average Bonchev–Trinajstić information content (AvgIpc) is 2.66. The molecule has 2 N–H and O–H groups in total. The van der Waals surface area contributed by atoms with Gasteiger partial charge < -0.3 is 10.6 Å². The third-order valence-corrected chi connectivity index (χ3v) is 6.92. The molecule has 156 valence electrons. The summed E-state index contributed by atoms with van der Waals surface area (Å²) in [6, 6.07) is 5.78. The van der Waals surface area contributed by atoms with Crippen LogP contribution in [0, 0.1) is 24.6 Å². The normalized spacial score (nSPS) is 31.4. The van der Waals surface area contributed by atoms with Crippen molar-refractivity contribution in [3.63, 3.8) is 0 Å². The molecule has 1 aromatic heterocycles. The number of halogens is 1. The molecule has 0 radical (unpaired) electrons. The molecule has 6 nitrogen and oxygen atoms in total. The zero-order chi connectivity index (χ0) is 20.9. The van der Waals surface area contributed by atoms with Gasteiger partial charge in [-0.1, -0.05) is 6.07 Å². The van der Waals surface area contributed by atoms with Crippen molar-refractivity contribution in [1.82, 2.24) is 20.6 Å². The van der Waals surface area contributed by atoms with Crippen molar-refractivity contribution in [3.05, 3.63) is 59.4 Å². The Labute approximate surface area is 174 Å². The highest BCUT2D eigenvalue weighted by molar-refractivity contribution is 5.95. The first-order valence-electron chi connectivity index (χ1n) is 10.5. The quantitative estimate of drug-likeness (QED) is 0.814. The van der Waals surface area contributed by atoms with Gasteiger partial charge in [-0.05, 0) is 75.5 Å². The minimum atomic E-state index is -0.420. The molecule has 30 heavy (non-hydrogen) atoms. The van der Waals surface area contributed by atoms with Gasteiger partial charge in [0.1, 0.15) is 11.5 Å². The molecule has 1 aromatic carbocycles. The van der Waals surface area contributed by atoms with E-state index in [1.165, 1.54) is 18.3 Å². The van der Waals surface area contributed by atoms with Crippen LogP contribution >= 0.6 is 0 Å². The fraction of sp³-hybridized carbons (Fsp3) is 0.478. The number of hydrogen-bond donors (Lipinski definition) is 2. The van der Waals surface area contributed by atoms with E-state index in [-0.39, 0.29) is 22.9 Å². The summed E-state index contributed by atoms with van der Waals surface area (Å²) in [5.74, 6) is 0.0430. The largest absolute Gasteiger partial charge is 0.346 e. The van der Waals surface area contributed by atoms with E-state index in [0.717, 1.165) is 37.8 Å². The number of benzene rings is 1. The molecule has 0 aliphatic heterocycles. The molecule has 2 unspecified atom stereocenters. The second-order valence-electron chi connectivity index (χ2n) is 9.48. The molecule has 7 heteroatoms. The van der Waals surface area contributed by atoms with Crippen molar-refractivity contribution in [2.45, 2.75) is 56.5 Å². The molecule has 4 bridgehead atoms. The maximum atomic E-state index is 13.6. The smallest absolute Gasteiger partial charge is 0.271 e. The van der Waals surface area contributed by atoms with Crippen LogP contribution in [0.1, 0.15) is 65.1 Å². The number of hydrogen-bond acceptors (Lipinski definition) is 4. The summed E-state index contributed by atoms with van der Waals surface area (Å²) in [6.45, 7) is 1.83. The van der Waals surface area contributed by atoms with Crippen LogP contribution in [-0.4, -0.2) is 32.9 Å². The van der Waals surface area contributed by atoms with E-state index in [0.29, 0.717) is 29.5 Å². The van der Waals surface area contributed by atoms with Crippen LogP contribution in [0.3, 0.4) is 0 Å². The molecule has 0 spiro atoms. The van der Waals surface area contributed by atoms with Gasteiger partial charge in [0.05, 0.1) is 11.9 Å². The molecular weight excluding hydrogens is 383 g/mol. The second kappa shape index (κ2) is 6.86. The maximum absolute atomic E-state index is 13.6. The van der Waals surface area contributed by atoms with E-state index in [1.54, 1.807) is 18.3 Å². The lowest BCUT2D eigenvalue weighted by molar-refractivity contribution is -0.0448. The van der Waals surface area contributed by atoms with Crippen molar-refractivity contribution in [3.8, 4) is 0 Å². The summed E-state index contributed by atoms with van der Waals surface area (Å²) in [5.41, 5.74) is 0.705. The summed E-state index contributed by atoms with van der Waals surface area (Å²) in [7, 11) is 0. The highest BCUT2D eigenvalue weighted by atomic mass is 19.1. The van der Waals surface area contributed by atoms with Crippen molar-refractivity contribution in [1.29, 1.82) is 0 Å². The number of aryl methyl sites for hydroxylation is 1. The maximum Gasteiger partial charge on any atom is 0.271 e. The molecule has 6 rings (SSSR count). The Bertz CT molecular complexity index is 993. The van der Waals surface area contributed by atoms with Gasteiger partial charge in [0.25, 0.3) is 11.8 Å². The Morgan fingerprint density at radius 3 is 2.27 bits per heavy atom. The van der Waals surface area contributed by atoms with E-state index in [1.807, 2.05) is 6.92 Å². The number of aromatic nitrogens is 2. The first-order valence-corrected chi connectivity index (χ1v) is 10.5. The van der Waals surface area contributed by atoms with Gasteiger partial charge in [-0.25, -0.2) is 9.37 Å². The van der Waals surface area contributed by atoms with Gasteiger partial charge in [0.2, 0.25) is 0 Å². The number of carbonyl (C=O) groups is 2. The number of carbonyl (C=O) groups excluding carboxylic acids is 2. The minimum absolute atomic E-state index is 0.212. The Balaban J connectivity index is 1.37. The summed E-state index contributed by atoms with van der Waals surface area (Å²) in [4.78, 5) is 34.1. The Kier molecular flexibility index (Phi) is 4.38. The minimum Gasteiger partial charge on any atom is -0.346 e. The van der Waals surface area contributed by atoms with Crippen LogP contribution in [-0.2, 0) is 0 Å². The lowest BCUT2D eigenvalue weighted by Crippen LogP contribution is -2.69. The average molecular weight is 408 g/mol. The number of rotatable bonds is 4. The van der Waals surface area contributed by atoms with Gasteiger partial charge in [-0.15, -0.1) is 0 Å². The number of nitrogens with one attached hydrogen (secondary N) is 2. The van der Waals surface area contributed by atoms with Gasteiger partial charge >= 0.3 is 0 Å². The van der Waals surface area contributed by atoms with Gasteiger partial charge in [0.15, 0.2) is 0 Å². The third-order valence-electron chi connectivity index (χ3n) is 6.92. The zero-order valence-corrected chi connectivity index (χ0v) is 17.0. The molecule has 4 saturated carbocycles. The lowest BCUT2D eigenvalue weighted by atomic mass is 9.49. The van der Waals surface area contributed by atoms with Crippen LogP contribution in [0.25, 0.3) is 0 Å². The Morgan fingerprint density at radius 2 is 1.67 bits per heavy atom. The monoisotopic (exact) mass is 408 g/mol. The topological polar surface area (TPSA) is 84.0 Å². The molecular formula is C23H25FN4O2. The Hall–Kier alpha value is -2.83. The third kappa shape index (κ3) is 3.46. The summed E-state index contributed by atoms with van der Waals surface area (Å²) in [6.07, 6.45) is 8.60. The fourth-order valence-corrected chi connectivity index (χ4v) is 6.31. The fourth-order valence-electron chi connectivity index (χ4n) is 6.31. The van der Waals surface area contributed by atoms with Crippen LogP contribution in [0.2, 0.25) is 0 Å². The predicted octanol–water partition coefficient (Wildman–Crippen LogP) is 3.18. The van der Waals surface area contributed by atoms with Crippen molar-refractivity contribution in [2.75, 3.05) is 0 Å². The van der Waals surface area contributed by atoms with Crippen LogP contribution in [0.5, 0.6) is 0 Å². The first-order chi connectivity index (χ1) is 14.3. The van der Waals surface area contributed by atoms with E-state index < -0.39 is 5.82 Å².